The second-order valence-electron chi connectivity index (χ2n) is 7.89. The van der Waals surface area contributed by atoms with Crippen molar-refractivity contribution in [2.45, 2.75) is 27.2 Å². The molecule has 0 aromatic rings. The zero-order valence-electron chi connectivity index (χ0n) is 16.6. The van der Waals surface area contributed by atoms with Gasteiger partial charge < -0.3 is 23.4 Å². The zero-order chi connectivity index (χ0) is 18.5. The summed E-state index contributed by atoms with van der Waals surface area (Å²) in [5.74, 6) is 0.223. The zero-order valence-corrected chi connectivity index (χ0v) is 16.6. The third-order valence-electron chi connectivity index (χ3n) is 3.33. The number of likely N-dealkylation sites (N-methyl/N-ethyl adjacent to an activating group) is 1. The minimum atomic E-state index is -0.285. The number of hydrogen-bond acceptors (Lipinski definition) is 5. The van der Waals surface area contributed by atoms with Crippen LogP contribution < -0.4 is 0 Å². The molecule has 0 aliphatic rings. The van der Waals surface area contributed by atoms with Crippen LogP contribution in [0.3, 0.4) is 0 Å². The Morgan fingerprint density at radius 3 is 1.46 bits per heavy atom. The minimum absolute atomic E-state index is 0.223. The predicted octanol–water partition coefficient (Wildman–Crippen LogP) is 1.76. The summed E-state index contributed by atoms with van der Waals surface area (Å²) in [6.45, 7) is 11.3. The molecule has 6 heteroatoms. The van der Waals surface area contributed by atoms with E-state index in [9.17, 15) is 4.79 Å². The third kappa shape index (κ3) is 16.3. The Morgan fingerprint density at radius 1 is 0.708 bits per heavy atom. The second-order valence-corrected chi connectivity index (χ2v) is 7.89. The molecular weight excluding hydrogens is 310 g/mol. The van der Waals surface area contributed by atoms with Crippen molar-refractivity contribution in [1.82, 2.24) is 0 Å². The lowest BCUT2D eigenvalue weighted by Gasteiger charge is -2.23. The number of hydrogen-bond donors (Lipinski definition) is 0. The molecule has 0 atom stereocenters. The summed E-state index contributed by atoms with van der Waals surface area (Å²) in [4.78, 5) is 11.7. The maximum absolute atomic E-state index is 11.7. The monoisotopic (exact) mass is 348 g/mol. The van der Waals surface area contributed by atoms with Gasteiger partial charge >= 0.3 is 0 Å². The molecule has 0 heterocycles. The molecule has 0 saturated heterocycles. The van der Waals surface area contributed by atoms with Gasteiger partial charge in [0.1, 0.15) is 12.3 Å². The van der Waals surface area contributed by atoms with Crippen molar-refractivity contribution in [1.29, 1.82) is 0 Å². The number of ether oxygens (including phenoxy) is 4. The molecule has 0 rings (SSSR count). The molecule has 0 fully saturated rings. The second kappa shape index (κ2) is 12.8. The van der Waals surface area contributed by atoms with Gasteiger partial charge in [0.15, 0.2) is 0 Å². The van der Waals surface area contributed by atoms with E-state index in [0.29, 0.717) is 52.7 Å². The van der Waals surface area contributed by atoms with Crippen molar-refractivity contribution in [3.63, 3.8) is 0 Å². The van der Waals surface area contributed by atoms with Crippen LogP contribution in [0.2, 0.25) is 0 Å². The largest absolute Gasteiger partial charge is 0.379 e. The van der Waals surface area contributed by atoms with E-state index < -0.39 is 0 Å². The van der Waals surface area contributed by atoms with E-state index in [-0.39, 0.29) is 11.2 Å². The highest BCUT2D eigenvalue weighted by Crippen LogP contribution is 2.16. The van der Waals surface area contributed by atoms with Gasteiger partial charge in [0.2, 0.25) is 0 Å². The molecule has 0 N–H and O–H groups in total. The standard InChI is InChI=1S/C18H38NO5/c1-18(2,3)17(20)7-9-21-11-13-23-15-16-24-14-12-22-10-8-19(4,5)6/h7-16H2,1-6H3/q+1. The number of Topliss-reactive ketones (excluding diaryl/α,β-unsaturated/α-hetero) is 1. The lowest BCUT2D eigenvalue weighted by molar-refractivity contribution is -0.870. The summed E-state index contributed by atoms with van der Waals surface area (Å²) < 4.78 is 22.6. The smallest absolute Gasteiger partial charge is 0.140 e. The number of ketones is 1. The summed E-state index contributed by atoms with van der Waals surface area (Å²) in [6, 6.07) is 0. The van der Waals surface area contributed by atoms with Gasteiger partial charge in [0.05, 0.1) is 74.0 Å². The topological polar surface area (TPSA) is 54.0 Å². The number of carbonyl (C=O) groups excluding carboxylic acids is 1. The van der Waals surface area contributed by atoms with Gasteiger partial charge in [0.25, 0.3) is 0 Å². The van der Waals surface area contributed by atoms with Crippen LogP contribution in [-0.4, -0.2) is 90.8 Å². The number of nitrogens with zero attached hydrogens (tertiary/aromatic N) is 1. The molecule has 0 amide bonds. The van der Waals surface area contributed by atoms with Crippen LogP contribution in [0.15, 0.2) is 0 Å². The molecule has 144 valence electrons. The fourth-order valence-electron chi connectivity index (χ4n) is 1.64. The number of quaternary nitrogens is 1. The molecule has 0 spiro atoms. The molecule has 0 aromatic carbocycles. The molecule has 0 unspecified atom stereocenters. The Hall–Kier alpha value is -0.530. The van der Waals surface area contributed by atoms with Crippen LogP contribution in [0.25, 0.3) is 0 Å². The average molecular weight is 349 g/mol. The maximum Gasteiger partial charge on any atom is 0.140 e. The predicted molar refractivity (Wildman–Crippen MR) is 95.3 cm³/mol. The van der Waals surface area contributed by atoms with E-state index >= 15 is 0 Å². The molecule has 0 bridgehead atoms. The quantitative estimate of drug-likeness (QED) is 0.333. The van der Waals surface area contributed by atoms with Crippen LogP contribution in [0.4, 0.5) is 0 Å². The van der Waals surface area contributed by atoms with Gasteiger partial charge in [-0.2, -0.15) is 0 Å². The van der Waals surface area contributed by atoms with Crippen LogP contribution in [0.5, 0.6) is 0 Å². The molecular formula is C18H38NO5+. The van der Waals surface area contributed by atoms with E-state index in [4.69, 9.17) is 18.9 Å². The van der Waals surface area contributed by atoms with Gasteiger partial charge in [-0.25, -0.2) is 0 Å². The fraction of sp³-hybridized carbons (Fsp3) is 0.944. The molecule has 6 nitrogen and oxygen atoms in total. The first-order valence-electron chi connectivity index (χ1n) is 8.77. The molecule has 0 radical (unpaired) electrons. The normalized spacial score (nSPS) is 12.6. The van der Waals surface area contributed by atoms with Crippen molar-refractivity contribution >= 4 is 5.78 Å². The number of rotatable bonds is 15. The van der Waals surface area contributed by atoms with Gasteiger partial charge in [-0.15, -0.1) is 0 Å². The highest BCUT2D eigenvalue weighted by molar-refractivity contribution is 5.83. The highest BCUT2D eigenvalue weighted by Gasteiger charge is 2.20. The Labute approximate surface area is 148 Å². The van der Waals surface area contributed by atoms with Crippen LogP contribution in [0.1, 0.15) is 27.2 Å². The average Bonchev–Trinajstić information content (AvgIpc) is 2.45. The summed E-state index contributed by atoms with van der Waals surface area (Å²) in [6.07, 6.45) is 0.459. The summed E-state index contributed by atoms with van der Waals surface area (Å²) in [7, 11) is 6.43. The summed E-state index contributed by atoms with van der Waals surface area (Å²) in [5, 5.41) is 0. The van der Waals surface area contributed by atoms with E-state index in [1.807, 2.05) is 20.8 Å². The van der Waals surface area contributed by atoms with Crippen molar-refractivity contribution in [2.75, 3.05) is 80.5 Å². The van der Waals surface area contributed by atoms with Crippen molar-refractivity contribution in [3.8, 4) is 0 Å². The first-order valence-corrected chi connectivity index (χ1v) is 8.77. The Balaban J connectivity index is 3.20. The van der Waals surface area contributed by atoms with Crippen LogP contribution in [-0.2, 0) is 23.7 Å². The lowest BCUT2D eigenvalue weighted by Crippen LogP contribution is -2.37. The maximum atomic E-state index is 11.7. The van der Waals surface area contributed by atoms with E-state index in [1.165, 1.54) is 0 Å². The Bertz CT molecular complexity index is 320. The van der Waals surface area contributed by atoms with E-state index in [1.54, 1.807) is 0 Å². The van der Waals surface area contributed by atoms with E-state index in [0.717, 1.165) is 17.6 Å². The van der Waals surface area contributed by atoms with Gasteiger partial charge in [-0.05, 0) is 0 Å². The van der Waals surface area contributed by atoms with Crippen molar-refractivity contribution in [3.05, 3.63) is 0 Å². The summed E-state index contributed by atoms with van der Waals surface area (Å²) in [5.41, 5.74) is -0.285. The number of carbonyl (C=O) groups is 1. The molecule has 0 aliphatic heterocycles. The van der Waals surface area contributed by atoms with Gasteiger partial charge in [0, 0.05) is 11.8 Å². The summed E-state index contributed by atoms with van der Waals surface area (Å²) >= 11 is 0. The van der Waals surface area contributed by atoms with Gasteiger partial charge in [-0.3, -0.25) is 4.79 Å². The fourth-order valence-corrected chi connectivity index (χ4v) is 1.64. The van der Waals surface area contributed by atoms with Crippen LogP contribution >= 0.6 is 0 Å². The van der Waals surface area contributed by atoms with Crippen molar-refractivity contribution < 1.29 is 28.2 Å². The van der Waals surface area contributed by atoms with Crippen LogP contribution in [0, 0.1) is 5.41 Å². The SMILES string of the molecule is CC(C)(C)C(=O)CCOCCOCCOCCOCC[N+](C)(C)C. The Morgan fingerprint density at radius 2 is 1.08 bits per heavy atom. The molecule has 24 heavy (non-hydrogen) atoms. The molecule has 0 aromatic heterocycles. The lowest BCUT2D eigenvalue weighted by atomic mass is 9.89. The highest BCUT2D eigenvalue weighted by atomic mass is 16.6. The Kier molecular flexibility index (Phi) is 12.5. The van der Waals surface area contributed by atoms with E-state index in [2.05, 4.69) is 21.1 Å². The molecule has 0 aliphatic carbocycles. The molecule has 0 saturated carbocycles. The van der Waals surface area contributed by atoms with Crippen molar-refractivity contribution in [2.24, 2.45) is 5.41 Å². The minimum Gasteiger partial charge on any atom is -0.379 e. The first kappa shape index (κ1) is 23.5. The third-order valence-corrected chi connectivity index (χ3v) is 3.33. The van der Waals surface area contributed by atoms with Gasteiger partial charge in [-0.1, -0.05) is 20.8 Å². The first-order chi connectivity index (χ1) is 11.1.